The third kappa shape index (κ3) is 6.43. The summed E-state index contributed by atoms with van der Waals surface area (Å²) in [6.45, 7) is 12.1. The van der Waals surface area contributed by atoms with E-state index >= 15 is 0 Å². The summed E-state index contributed by atoms with van der Waals surface area (Å²) in [7, 11) is 0. The molecule has 44 heavy (non-hydrogen) atoms. The van der Waals surface area contributed by atoms with Crippen molar-refractivity contribution in [1.29, 1.82) is 0 Å². The van der Waals surface area contributed by atoms with Crippen LogP contribution in [0.3, 0.4) is 0 Å². The molecule has 0 fully saturated rings. The molecule has 0 amide bonds. The maximum absolute atomic E-state index is 12.8. The minimum absolute atomic E-state index is 0.0843. The Labute approximate surface area is 250 Å². The molecular formula is C32H34N8O4. The highest BCUT2D eigenvalue weighted by atomic mass is 16.1. The smallest absolute Gasteiger partial charge is 0.272 e. The Balaban J connectivity index is 1.45. The molecule has 0 aliphatic rings. The van der Waals surface area contributed by atoms with Crippen LogP contribution in [0.1, 0.15) is 75.4 Å². The molecule has 0 unspecified atom stereocenters. The second kappa shape index (κ2) is 11.3. The number of nitrogens with zero attached hydrogens (tertiary/aromatic N) is 2. The summed E-state index contributed by atoms with van der Waals surface area (Å²) in [6.07, 6.45) is 9.28. The molecule has 12 heteroatoms. The zero-order valence-corrected chi connectivity index (χ0v) is 25.3. The predicted octanol–water partition coefficient (Wildman–Crippen LogP) is -0.204. The molecule has 0 spiro atoms. The summed E-state index contributed by atoms with van der Waals surface area (Å²) in [4.78, 5) is 76.4. The first-order chi connectivity index (χ1) is 20.7. The summed E-state index contributed by atoms with van der Waals surface area (Å²) in [5.74, 6) is 0. The lowest BCUT2D eigenvalue weighted by Gasteiger charge is -2.16. The van der Waals surface area contributed by atoms with Crippen LogP contribution >= 0.6 is 0 Å². The Hall–Kier alpha value is -5.52. The summed E-state index contributed by atoms with van der Waals surface area (Å²) in [5, 5.41) is 0.357. The standard InChI is InChI=1S/C32H34N8O4/c1-31(2,3)25-19(33-15-35-25)13-23-29(43)37-21(27(41)39-23)11-17-7-9-18(10-8-17)12-22-28(42)40-24(30(44)38-22)14-20-26(32(4,5)6)36-16-34-20/h7-16H,1-6H3,(H,33,35)(H,34,36)(H,37,43)(H,38,44)(H,39,41)(H,40,42)/b21-11-,22-12-,23-13-,24-14-. The number of rotatable bonds is 4. The minimum atomic E-state index is -0.468. The number of hydrogen-bond acceptors (Lipinski definition) is 6. The second-order valence-corrected chi connectivity index (χ2v) is 12.5. The fourth-order valence-electron chi connectivity index (χ4n) is 4.72. The number of aromatic nitrogens is 8. The fourth-order valence-corrected chi connectivity index (χ4v) is 4.72. The van der Waals surface area contributed by atoms with E-state index in [0.29, 0.717) is 22.5 Å². The molecule has 5 rings (SSSR count). The highest BCUT2D eigenvalue weighted by molar-refractivity contribution is 5.55. The largest absolute Gasteiger partial charge is 0.348 e. The average Bonchev–Trinajstić information content (AvgIpc) is 3.61. The van der Waals surface area contributed by atoms with Crippen molar-refractivity contribution in [3.05, 3.63) is 134 Å². The van der Waals surface area contributed by atoms with Crippen molar-refractivity contribution in [2.24, 2.45) is 0 Å². The molecule has 0 radical (unpaired) electrons. The van der Waals surface area contributed by atoms with Gasteiger partial charge in [0.2, 0.25) is 0 Å². The highest BCUT2D eigenvalue weighted by Gasteiger charge is 2.20. The number of hydrogen-bond donors (Lipinski definition) is 6. The normalized spacial score (nSPS) is 14.1. The van der Waals surface area contributed by atoms with E-state index in [2.05, 4.69) is 39.9 Å². The highest BCUT2D eigenvalue weighted by Crippen LogP contribution is 2.23. The van der Waals surface area contributed by atoms with Crippen LogP contribution in [0.25, 0.3) is 24.3 Å². The van der Waals surface area contributed by atoms with Crippen LogP contribution in [-0.2, 0) is 10.8 Å². The number of aromatic amines is 6. The van der Waals surface area contributed by atoms with Gasteiger partial charge < -0.3 is 29.9 Å². The van der Waals surface area contributed by atoms with Gasteiger partial charge >= 0.3 is 0 Å². The zero-order chi connectivity index (χ0) is 31.8. The van der Waals surface area contributed by atoms with Gasteiger partial charge in [0.1, 0.15) is 21.4 Å². The quantitative estimate of drug-likeness (QED) is 0.167. The number of benzene rings is 1. The third-order valence-electron chi connectivity index (χ3n) is 6.93. The lowest BCUT2D eigenvalue weighted by Crippen LogP contribution is -2.47. The predicted molar refractivity (Wildman–Crippen MR) is 169 cm³/mol. The zero-order valence-electron chi connectivity index (χ0n) is 25.3. The van der Waals surface area contributed by atoms with Gasteiger partial charge in [-0.25, -0.2) is 9.97 Å². The summed E-state index contributed by atoms with van der Waals surface area (Å²) in [6, 6.07) is 6.90. The van der Waals surface area contributed by atoms with Crippen molar-refractivity contribution in [2.45, 2.75) is 52.4 Å². The van der Waals surface area contributed by atoms with Crippen molar-refractivity contribution in [1.82, 2.24) is 39.9 Å². The first kappa shape index (κ1) is 30.0. The number of H-pyrrole nitrogens is 6. The van der Waals surface area contributed by atoms with E-state index in [0.717, 1.165) is 11.4 Å². The van der Waals surface area contributed by atoms with Gasteiger partial charge in [-0.3, -0.25) is 19.2 Å². The molecule has 4 aromatic heterocycles. The van der Waals surface area contributed by atoms with E-state index in [4.69, 9.17) is 0 Å². The van der Waals surface area contributed by atoms with Crippen LogP contribution in [0.2, 0.25) is 0 Å². The van der Waals surface area contributed by atoms with Gasteiger partial charge in [-0.15, -0.1) is 0 Å². The fraction of sp³-hybridized carbons (Fsp3) is 0.250. The van der Waals surface area contributed by atoms with Gasteiger partial charge in [0.05, 0.1) is 24.0 Å². The Morgan fingerprint density at radius 1 is 0.500 bits per heavy atom. The molecule has 0 bridgehead atoms. The maximum Gasteiger partial charge on any atom is 0.272 e. The van der Waals surface area contributed by atoms with Crippen molar-refractivity contribution in [2.75, 3.05) is 0 Å². The molecule has 226 valence electrons. The number of nitrogens with one attached hydrogen (secondary N) is 6. The Morgan fingerprint density at radius 3 is 1.09 bits per heavy atom. The number of imidazole rings is 2. The first-order valence-electron chi connectivity index (χ1n) is 14.0. The van der Waals surface area contributed by atoms with E-state index in [1.165, 1.54) is 0 Å². The van der Waals surface area contributed by atoms with Crippen LogP contribution in [-0.4, -0.2) is 39.9 Å². The van der Waals surface area contributed by atoms with Gasteiger partial charge in [0.25, 0.3) is 22.2 Å². The minimum Gasteiger partial charge on any atom is -0.348 e. The molecule has 0 saturated carbocycles. The summed E-state index contributed by atoms with van der Waals surface area (Å²) < 4.78 is 0. The Bertz CT molecular complexity index is 2170. The molecule has 5 aromatic rings. The summed E-state index contributed by atoms with van der Waals surface area (Å²) >= 11 is 0. The van der Waals surface area contributed by atoms with E-state index in [-0.39, 0.29) is 32.2 Å². The van der Waals surface area contributed by atoms with Gasteiger partial charge in [-0.05, 0) is 35.4 Å². The van der Waals surface area contributed by atoms with E-state index in [1.54, 1.807) is 61.2 Å². The third-order valence-corrected chi connectivity index (χ3v) is 6.93. The molecule has 1 aromatic carbocycles. The van der Waals surface area contributed by atoms with E-state index in [9.17, 15) is 19.2 Å². The molecule has 0 atom stereocenters. The van der Waals surface area contributed by atoms with Gasteiger partial charge in [0.15, 0.2) is 0 Å². The average molecular weight is 595 g/mol. The van der Waals surface area contributed by atoms with E-state index in [1.807, 2.05) is 41.5 Å². The topological polar surface area (TPSA) is 189 Å². The maximum atomic E-state index is 12.8. The monoisotopic (exact) mass is 594 g/mol. The van der Waals surface area contributed by atoms with Crippen LogP contribution in [0, 0.1) is 0 Å². The van der Waals surface area contributed by atoms with Crippen molar-refractivity contribution in [3.63, 3.8) is 0 Å². The molecule has 12 nitrogen and oxygen atoms in total. The molecule has 0 aliphatic heterocycles. The van der Waals surface area contributed by atoms with Gasteiger partial charge in [-0.2, -0.15) is 0 Å². The van der Waals surface area contributed by atoms with E-state index < -0.39 is 22.2 Å². The molecule has 0 saturated heterocycles. The van der Waals surface area contributed by atoms with Gasteiger partial charge in [0, 0.05) is 22.2 Å². The van der Waals surface area contributed by atoms with Crippen LogP contribution in [0.15, 0.2) is 56.1 Å². The van der Waals surface area contributed by atoms with Crippen LogP contribution in [0.4, 0.5) is 0 Å². The van der Waals surface area contributed by atoms with Crippen molar-refractivity contribution < 1.29 is 0 Å². The van der Waals surface area contributed by atoms with Gasteiger partial charge in [-0.1, -0.05) is 65.8 Å². The lowest BCUT2D eigenvalue weighted by atomic mass is 9.90. The Kier molecular flexibility index (Phi) is 7.68. The first-order valence-corrected chi connectivity index (χ1v) is 14.0. The molecule has 4 heterocycles. The SMILES string of the molecule is CC(C)(C)c1[nH]cnc1/C=c1\[nH]c(=O)/c(=C/c2ccc(/C=c3\[nH]c(=O)/c(=C/c4nc[nH]c4C(C)(C)C)[nH]c3=O)cc2)[nH]c1=O. The van der Waals surface area contributed by atoms with Crippen LogP contribution in [0.5, 0.6) is 0 Å². The summed E-state index contributed by atoms with van der Waals surface area (Å²) in [5.41, 5.74) is 1.79. The lowest BCUT2D eigenvalue weighted by molar-refractivity contribution is 0.571. The Morgan fingerprint density at radius 2 is 0.795 bits per heavy atom. The van der Waals surface area contributed by atoms with Crippen molar-refractivity contribution >= 4 is 24.3 Å². The second-order valence-electron chi connectivity index (χ2n) is 12.5. The van der Waals surface area contributed by atoms with Crippen LogP contribution < -0.4 is 43.6 Å². The molecule has 6 N–H and O–H groups in total. The van der Waals surface area contributed by atoms with Crippen molar-refractivity contribution in [3.8, 4) is 0 Å². The molecular weight excluding hydrogens is 560 g/mol. The molecule has 0 aliphatic carbocycles.